The molecular weight excluding hydrogens is 263 g/mol. The third-order valence-corrected chi connectivity index (χ3v) is 3.62. The molecular formula is C14H15O4P. The standard InChI is InChI=1S/C14H15O4P/c15-19(16,18-14-9-5-2-6-10-14)12-11-17-13-7-3-1-4-8-13/h1-10H,11-12H2,(H,15,16). The fraction of sp³-hybridized carbons (Fsp3) is 0.143. The molecule has 1 N–H and O–H groups in total. The molecule has 0 heterocycles. The van der Waals surface area contributed by atoms with Crippen molar-refractivity contribution < 1.29 is 18.7 Å². The summed E-state index contributed by atoms with van der Waals surface area (Å²) >= 11 is 0. The number of hydrogen-bond donors (Lipinski definition) is 1. The summed E-state index contributed by atoms with van der Waals surface area (Å²) in [5, 5.41) is 0. The van der Waals surface area contributed by atoms with Gasteiger partial charge in [-0.1, -0.05) is 36.4 Å². The predicted molar refractivity (Wildman–Crippen MR) is 73.7 cm³/mol. The molecule has 19 heavy (non-hydrogen) atoms. The molecule has 0 aliphatic heterocycles. The van der Waals surface area contributed by atoms with Gasteiger partial charge in [-0.05, 0) is 24.3 Å². The van der Waals surface area contributed by atoms with Gasteiger partial charge in [0.15, 0.2) is 0 Å². The monoisotopic (exact) mass is 278 g/mol. The fourth-order valence-electron chi connectivity index (χ4n) is 1.49. The Bertz CT molecular complexity index is 542. The van der Waals surface area contributed by atoms with Gasteiger partial charge in [-0.15, -0.1) is 0 Å². The summed E-state index contributed by atoms with van der Waals surface area (Å²) in [5.74, 6) is 1.05. The second kappa shape index (κ2) is 6.41. The van der Waals surface area contributed by atoms with Crippen LogP contribution < -0.4 is 9.26 Å². The smallest absolute Gasteiger partial charge is 0.380 e. The highest BCUT2D eigenvalue weighted by atomic mass is 31.2. The van der Waals surface area contributed by atoms with Gasteiger partial charge in [-0.2, -0.15) is 0 Å². The van der Waals surface area contributed by atoms with Gasteiger partial charge in [0.1, 0.15) is 18.1 Å². The van der Waals surface area contributed by atoms with Crippen molar-refractivity contribution in [3.05, 3.63) is 60.7 Å². The van der Waals surface area contributed by atoms with Gasteiger partial charge >= 0.3 is 7.60 Å². The van der Waals surface area contributed by atoms with Crippen molar-refractivity contribution in [2.75, 3.05) is 12.8 Å². The Hall–Kier alpha value is -1.77. The van der Waals surface area contributed by atoms with E-state index in [1.807, 2.05) is 24.3 Å². The summed E-state index contributed by atoms with van der Waals surface area (Å²) in [4.78, 5) is 9.70. The van der Waals surface area contributed by atoms with E-state index >= 15 is 0 Å². The lowest BCUT2D eigenvalue weighted by molar-refractivity contribution is 0.318. The van der Waals surface area contributed by atoms with E-state index in [9.17, 15) is 9.46 Å². The second-order valence-corrected chi connectivity index (χ2v) is 5.83. The normalized spacial score (nSPS) is 13.5. The van der Waals surface area contributed by atoms with Gasteiger partial charge < -0.3 is 14.2 Å². The summed E-state index contributed by atoms with van der Waals surface area (Å²) < 4.78 is 22.3. The lowest BCUT2D eigenvalue weighted by atomic mass is 10.3. The Morgan fingerprint density at radius 3 is 2.00 bits per heavy atom. The Morgan fingerprint density at radius 2 is 1.42 bits per heavy atom. The van der Waals surface area contributed by atoms with Crippen LogP contribution in [0.3, 0.4) is 0 Å². The van der Waals surface area contributed by atoms with Crippen molar-refractivity contribution in [1.82, 2.24) is 0 Å². The molecule has 0 fully saturated rings. The molecule has 0 radical (unpaired) electrons. The first-order valence-electron chi connectivity index (χ1n) is 5.90. The van der Waals surface area contributed by atoms with Crippen LogP contribution >= 0.6 is 7.60 Å². The van der Waals surface area contributed by atoms with Crippen molar-refractivity contribution in [2.24, 2.45) is 0 Å². The van der Waals surface area contributed by atoms with E-state index in [0.29, 0.717) is 11.5 Å². The lowest BCUT2D eigenvalue weighted by Gasteiger charge is -2.13. The molecule has 0 saturated heterocycles. The molecule has 0 bridgehead atoms. The van der Waals surface area contributed by atoms with E-state index in [4.69, 9.17) is 9.26 Å². The van der Waals surface area contributed by atoms with Gasteiger partial charge in [0.2, 0.25) is 0 Å². The van der Waals surface area contributed by atoms with E-state index in [2.05, 4.69) is 0 Å². The van der Waals surface area contributed by atoms with Crippen LogP contribution in [0.5, 0.6) is 11.5 Å². The zero-order chi connectivity index (χ0) is 13.6. The summed E-state index contributed by atoms with van der Waals surface area (Å²) in [6, 6.07) is 17.7. The minimum absolute atomic E-state index is 0.0587. The number of hydrogen-bond acceptors (Lipinski definition) is 3. The van der Waals surface area contributed by atoms with Crippen LogP contribution in [0.4, 0.5) is 0 Å². The van der Waals surface area contributed by atoms with Gasteiger partial charge in [0, 0.05) is 0 Å². The van der Waals surface area contributed by atoms with Crippen LogP contribution in [0.25, 0.3) is 0 Å². The lowest BCUT2D eigenvalue weighted by Crippen LogP contribution is -2.06. The first-order valence-corrected chi connectivity index (χ1v) is 7.66. The molecule has 0 aromatic heterocycles. The summed E-state index contributed by atoms with van der Waals surface area (Å²) in [5.41, 5.74) is 0. The van der Waals surface area contributed by atoms with Crippen LogP contribution in [0.1, 0.15) is 0 Å². The van der Waals surface area contributed by atoms with Crippen molar-refractivity contribution in [2.45, 2.75) is 0 Å². The molecule has 5 heteroatoms. The predicted octanol–water partition coefficient (Wildman–Crippen LogP) is 3.33. The van der Waals surface area contributed by atoms with Gasteiger partial charge in [0.05, 0.1) is 6.16 Å². The third kappa shape index (κ3) is 4.78. The van der Waals surface area contributed by atoms with Crippen LogP contribution in [0.15, 0.2) is 60.7 Å². The zero-order valence-electron chi connectivity index (χ0n) is 10.3. The molecule has 2 aromatic carbocycles. The average molecular weight is 278 g/mol. The SMILES string of the molecule is O=P(O)(CCOc1ccccc1)Oc1ccccc1. The van der Waals surface area contributed by atoms with Gasteiger partial charge in [-0.3, -0.25) is 0 Å². The number of para-hydroxylation sites is 2. The minimum atomic E-state index is -3.68. The van der Waals surface area contributed by atoms with E-state index < -0.39 is 7.60 Å². The van der Waals surface area contributed by atoms with E-state index in [0.717, 1.165) is 0 Å². The van der Waals surface area contributed by atoms with Crippen LogP contribution in [0.2, 0.25) is 0 Å². The molecule has 4 nitrogen and oxygen atoms in total. The fourth-order valence-corrected chi connectivity index (χ4v) is 2.35. The molecule has 100 valence electrons. The third-order valence-electron chi connectivity index (χ3n) is 2.38. The first kappa shape index (κ1) is 13.7. The van der Waals surface area contributed by atoms with Crippen molar-refractivity contribution in [3.8, 4) is 11.5 Å². The Labute approximate surface area is 112 Å². The van der Waals surface area contributed by atoms with Crippen LogP contribution in [0, 0.1) is 0 Å². The topological polar surface area (TPSA) is 55.8 Å². The highest BCUT2D eigenvalue weighted by molar-refractivity contribution is 7.53. The van der Waals surface area contributed by atoms with E-state index in [-0.39, 0.29) is 12.8 Å². The molecule has 0 aliphatic rings. The highest BCUT2D eigenvalue weighted by Crippen LogP contribution is 2.42. The van der Waals surface area contributed by atoms with Crippen molar-refractivity contribution in [1.29, 1.82) is 0 Å². The quantitative estimate of drug-likeness (QED) is 0.823. The summed E-state index contributed by atoms with van der Waals surface area (Å²) in [6.07, 6.45) is -0.0587. The number of benzene rings is 2. The maximum atomic E-state index is 11.8. The molecule has 2 aromatic rings. The first-order chi connectivity index (χ1) is 9.16. The zero-order valence-corrected chi connectivity index (χ0v) is 11.2. The Morgan fingerprint density at radius 1 is 0.895 bits per heavy atom. The van der Waals surface area contributed by atoms with Gasteiger partial charge in [-0.25, -0.2) is 4.57 Å². The average Bonchev–Trinajstić information content (AvgIpc) is 2.40. The van der Waals surface area contributed by atoms with Crippen molar-refractivity contribution in [3.63, 3.8) is 0 Å². The van der Waals surface area contributed by atoms with Crippen molar-refractivity contribution >= 4 is 7.60 Å². The minimum Gasteiger partial charge on any atom is -0.493 e. The molecule has 1 unspecified atom stereocenters. The molecule has 0 aliphatic carbocycles. The second-order valence-electron chi connectivity index (χ2n) is 3.93. The Balaban J connectivity index is 1.83. The molecule has 0 saturated carbocycles. The largest absolute Gasteiger partial charge is 0.493 e. The molecule has 1 atom stereocenters. The maximum absolute atomic E-state index is 11.8. The highest BCUT2D eigenvalue weighted by Gasteiger charge is 2.20. The molecule has 2 rings (SSSR count). The van der Waals surface area contributed by atoms with Crippen LogP contribution in [-0.2, 0) is 4.57 Å². The number of ether oxygens (including phenoxy) is 1. The summed E-state index contributed by atoms with van der Waals surface area (Å²) in [6.45, 7) is 0.130. The number of rotatable bonds is 6. The Kier molecular flexibility index (Phi) is 4.61. The summed E-state index contributed by atoms with van der Waals surface area (Å²) in [7, 11) is -3.68. The maximum Gasteiger partial charge on any atom is 0.380 e. The molecule has 0 spiro atoms. The molecule has 0 amide bonds. The van der Waals surface area contributed by atoms with E-state index in [1.54, 1.807) is 36.4 Å². The van der Waals surface area contributed by atoms with Crippen LogP contribution in [-0.4, -0.2) is 17.7 Å². The van der Waals surface area contributed by atoms with Gasteiger partial charge in [0.25, 0.3) is 0 Å². The van der Waals surface area contributed by atoms with E-state index in [1.165, 1.54) is 0 Å².